The van der Waals surface area contributed by atoms with Gasteiger partial charge in [-0.25, -0.2) is 0 Å². The molecule has 0 bridgehead atoms. The highest BCUT2D eigenvalue weighted by atomic mass is 15.1. The van der Waals surface area contributed by atoms with Gasteiger partial charge in [0.15, 0.2) is 0 Å². The second-order valence-corrected chi connectivity index (χ2v) is 6.53. The van der Waals surface area contributed by atoms with Crippen LogP contribution in [0.3, 0.4) is 0 Å². The molecule has 0 aliphatic rings. The molecule has 0 fully saturated rings. The first-order valence-corrected chi connectivity index (χ1v) is 7.61. The minimum absolute atomic E-state index is 0.165. The van der Waals surface area contributed by atoms with Crippen LogP contribution in [0.15, 0.2) is 42.7 Å². The van der Waals surface area contributed by atoms with E-state index in [4.69, 9.17) is 0 Å². The lowest BCUT2D eigenvalue weighted by Gasteiger charge is -2.22. The average Bonchev–Trinajstić information content (AvgIpc) is 2.47. The van der Waals surface area contributed by atoms with E-state index in [0.717, 1.165) is 19.6 Å². The molecule has 0 atom stereocenters. The van der Waals surface area contributed by atoms with Gasteiger partial charge in [0.2, 0.25) is 0 Å². The zero-order valence-electron chi connectivity index (χ0n) is 13.6. The summed E-state index contributed by atoms with van der Waals surface area (Å²) in [6, 6.07) is 14.1. The smallest absolute Gasteiger partial charge is 0.0312 e. The van der Waals surface area contributed by atoms with Crippen molar-refractivity contribution in [3.05, 3.63) is 65.5 Å². The fraction of sp³-hybridized carbons (Fsp3) is 0.421. The number of nitrogens with zero attached hydrogens (tertiary/aromatic N) is 2. The van der Waals surface area contributed by atoms with Gasteiger partial charge in [-0.2, -0.15) is 0 Å². The van der Waals surface area contributed by atoms with E-state index in [-0.39, 0.29) is 5.41 Å². The number of pyridine rings is 1. The van der Waals surface area contributed by atoms with Gasteiger partial charge in [-0.05, 0) is 46.8 Å². The fourth-order valence-corrected chi connectivity index (χ4v) is 2.31. The highest BCUT2D eigenvalue weighted by molar-refractivity contribution is 5.26. The van der Waals surface area contributed by atoms with Gasteiger partial charge in [0.1, 0.15) is 0 Å². The van der Waals surface area contributed by atoms with E-state index in [1.165, 1.54) is 16.7 Å². The molecular weight excluding hydrogens is 256 g/mol. The van der Waals surface area contributed by atoms with Gasteiger partial charge in [-0.1, -0.05) is 45.9 Å². The van der Waals surface area contributed by atoms with Gasteiger partial charge in [-0.3, -0.25) is 9.88 Å². The number of rotatable bonds is 5. The molecule has 0 aliphatic heterocycles. The summed E-state index contributed by atoms with van der Waals surface area (Å²) in [6.45, 7) is 11.8. The van der Waals surface area contributed by atoms with Crippen LogP contribution < -0.4 is 0 Å². The summed E-state index contributed by atoms with van der Waals surface area (Å²) in [5, 5.41) is 0. The van der Waals surface area contributed by atoms with Crippen LogP contribution in [0.1, 0.15) is 44.4 Å². The first kappa shape index (κ1) is 15.7. The Kier molecular flexibility index (Phi) is 5.13. The molecule has 1 aromatic carbocycles. The Labute approximate surface area is 128 Å². The lowest BCUT2D eigenvalue weighted by molar-refractivity contribution is 0.271. The predicted molar refractivity (Wildman–Crippen MR) is 88.0 cm³/mol. The lowest BCUT2D eigenvalue weighted by Crippen LogP contribution is -2.22. The van der Waals surface area contributed by atoms with Crippen molar-refractivity contribution in [2.75, 3.05) is 6.54 Å². The number of benzene rings is 1. The summed E-state index contributed by atoms with van der Waals surface area (Å²) in [6.07, 6.45) is 3.76. The zero-order chi connectivity index (χ0) is 15.3. The molecule has 2 aromatic rings. The maximum atomic E-state index is 4.18. The Morgan fingerprint density at radius 2 is 1.86 bits per heavy atom. The molecule has 1 heterocycles. The molecule has 0 amide bonds. The lowest BCUT2D eigenvalue weighted by atomic mass is 9.87. The van der Waals surface area contributed by atoms with Gasteiger partial charge >= 0.3 is 0 Å². The van der Waals surface area contributed by atoms with Crippen molar-refractivity contribution >= 4 is 0 Å². The molecule has 0 saturated carbocycles. The minimum atomic E-state index is 0.165. The average molecular weight is 281 g/mol. The van der Waals surface area contributed by atoms with E-state index in [1.807, 2.05) is 18.5 Å². The molecule has 2 rings (SSSR count). The van der Waals surface area contributed by atoms with Crippen molar-refractivity contribution in [3.63, 3.8) is 0 Å². The molecule has 21 heavy (non-hydrogen) atoms. The van der Waals surface area contributed by atoms with Crippen LogP contribution in [0.4, 0.5) is 0 Å². The highest BCUT2D eigenvalue weighted by Crippen LogP contribution is 2.22. The normalized spacial score (nSPS) is 11.9. The Hall–Kier alpha value is -1.67. The third-order valence-electron chi connectivity index (χ3n) is 3.67. The third kappa shape index (κ3) is 4.68. The molecule has 2 nitrogen and oxygen atoms in total. The monoisotopic (exact) mass is 281 g/mol. The van der Waals surface area contributed by atoms with E-state index < -0.39 is 0 Å². The van der Waals surface area contributed by atoms with Gasteiger partial charge in [0, 0.05) is 25.5 Å². The summed E-state index contributed by atoms with van der Waals surface area (Å²) in [5.41, 5.74) is 4.00. The fourth-order valence-electron chi connectivity index (χ4n) is 2.31. The Morgan fingerprint density at radius 1 is 1.10 bits per heavy atom. The van der Waals surface area contributed by atoms with Gasteiger partial charge in [0.05, 0.1) is 0 Å². The summed E-state index contributed by atoms with van der Waals surface area (Å²) in [7, 11) is 0. The zero-order valence-corrected chi connectivity index (χ0v) is 13.6. The Balaban J connectivity index is 2.02. The van der Waals surface area contributed by atoms with Crippen molar-refractivity contribution in [2.24, 2.45) is 0 Å². The number of hydrogen-bond donors (Lipinski definition) is 0. The second-order valence-electron chi connectivity index (χ2n) is 6.53. The Morgan fingerprint density at radius 3 is 2.38 bits per heavy atom. The molecule has 0 saturated heterocycles. The third-order valence-corrected chi connectivity index (χ3v) is 3.67. The van der Waals surface area contributed by atoms with E-state index in [0.29, 0.717) is 0 Å². The first-order valence-electron chi connectivity index (χ1n) is 7.61. The number of aromatic nitrogens is 1. The van der Waals surface area contributed by atoms with Crippen molar-refractivity contribution in [2.45, 2.75) is 46.2 Å². The molecule has 0 unspecified atom stereocenters. The van der Waals surface area contributed by atoms with Crippen LogP contribution in [-0.2, 0) is 18.5 Å². The van der Waals surface area contributed by atoms with E-state index in [2.05, 4.69) is 67.9 Å². The van der Waals surface area contributed by atoms with Crippen molar-refractivity contribution in [1.29, 1.82) is 0 Å². The number of hydrogen-bond acceptors (Lipinski definition) is 2. The SMILES string of the molecule is CCN(Cc1c[c]c(C(C)(C)C)cc1)Cc1cccnc1. The highest BCUT2D eigenvalue weighted by Gasteiger charge is 2.13. The van der Waals surface area contributed by atoms with Crippen molar-refractivity contribution < 1.29 is 0 Å². The van der Waals surface area contributed by atoms with Gasteiger partial charge in [0.25, 0.3) is 0 Å². The molecule has 2 heteroatoms. The summed E-state index contributed by atoms with van der Waals surface area (Å²) >= 11 is 0. The van der Waals surface area contributed by atoms with E-state index >= 15 is 0 Å². The predicted octanol–water partition coefficient (Wildman–Crippen LogP) is 4.20. The van der Waals surface area contributed by atoms with Gasteiger partial charge in [-0.15, -0.1) is 0 Å². The molecule has 1 aromatic heterocycles. The summed E-state index contributed by atoms with van der Waals surface area (Å²) < 4.78 is 0. The minimum Gasteiger partial charge on any atom is -0.295 e. The standard InChI is InChI=1S/C19H25N2/c1-5-21(15-17-7-6-12-20-13-17)14-16-8-10-18(11-9-16)19(2,3)4/h6-10,12-13H,5,14-15H2,1-4H3. The molecule has 111 valence electrons. The quantitative estimate of drug-likeness (QED) is 0.816. The maximum absolute atomic E-state index is 4.18. The van der Waals surface area contributed by atoms with Crippen molar-refractivity contribution in [3.8, 4) is 0 Å². The summed E-state index contributed by atoms with van der Waals surface area (Å²) in [5.74, 6) is 0. The first-order chi connectivity index (χ1) is 9.99. The largest absolute Gasteiger partial charge is 0.295 e. The van der Waals surface area contributed by atoms with Crippen LogP contribution in [0.25, 0.3) is 0 Å². The van der Waals surface area contributed by atoms with Crippen LogP contribution >= 0.6 is 0 Å². The van der Waals surface area contributed by atoms with Crippen LogP contribution in [0.2, 0.25) is 0 Å². The van der Waals surface area contributed by atoms with Crippen LogP contribution in [0.5, 0.6) is 0 Å². The topological polar surface area (TPSA) is 16.1 Å². The Bertz CT molecular complexity index is 538. The maximum Gasteiger partial charge on any atom is 0.0312 e. The molecule has 0 N–H and O–H groups in total. The molecule has 0 spiro atoms. The van der Waals surface area contributed by atoms with Crippen LogP contribution in [0, 0.1) is 6.07 Å². The molecule has 0 aliphatic carbocycles. The van der Waals surface area contributed by atoms with E-state index in [1.54, 1.807) is 0 Å². The molecular formula is C19H25N2. The van der Waals surface area contributed by atoms with Crippen molar-refractivity contribution in [1.82, 2.24) is 9.88 Å². The van der Waals surface area contributed by atoms with E-state index in [9.17, 15) is 0 Å². The summed E-state index contributed by atoms with van der Waals surface area (Å²) in [4.78, 5) is 6.60. The van der Waals surface area contributed by atoms with Crippen LogP contribution in [-0.4, -0.2) is 16.4 Å². The van der Waals surface area contributed by atoms with Gasteiger partial charge < -0.3 is 0 Å². The molecule has 1 radical (unpaired) electrons. The second kappa shape index (κ2) is 6.86.